The smallest absolute Gasteiger partial charge is 0.121 e. The fraction of sp³-hybridized carbons (Fsp3) is 0.333. The summed E-state index contributed by atoms with van der Waals surface area (Å²) >= 11 is 0. The summed E-state index contributed by atoms with van der Waals surface area (Å²) in [5.74, 6) is 0.403. The number of nitrogens with one attached hydrogen (secondary N) is 1. The van der Waals surface area contributed by atoms with Crippen LogP contribution >= 0.6 is 0 Å². The first-order valence-electron chi connectivity index (χ1n) is 7.07. The van der Waals surface area contributed by atoms with Gasteiger partial charge < -0.3 is 10.4 Å². The van der Waals surface area contributed by atoms with E-state index in [1.807, 2.05) is 26.0 Å². The molecule has 0 heterocycles. The van der Waals surface area contributed by atoms with Crippen LogP contribution in [0.1, 0.15) is 40.8 Å². The van der Waals surface area contributed by atoms with Gasteiger partial charge in [-0.15, -0.1) is 0 Å². The van der Waals surface area contributed by atoms with Gasteiger partial charge in [-0.2, -0.15) is 0 Å². The molecule has 0 aliphatic rings. The average Bonchev–Trinajstić information content (AvgIpc) is 2.42. The van der Waals surface area contributed by atoms with Crippen LogP contribution in [-0.2, 0) is 6.54 Å². The van der Waals surface area contributed by atoms with E-state index in [2.05, 4.69) is 43.4 Å². The van der Waals surface area contributed by atoms with Gasteiger partial charge in [0.1, 0.15) is 5.75 Å². The van der Waals surface area contributed by atoms with Crippen LogP contribution in [0, 0.1) is 20.8 Å². The van der Waals surface area contributed by atoms with E-state index in [1.54, 1.807) is 0 Å². The molecule has 2 N–H and O–H groups in total. The number of phenolic OH excluding ortho intramolecular Hbond substituents is 1. The van der Waals surface area contributed by atoms with Gasteiger partial charge >= 0.3 is 0 Å². The highest BCUT2D eigenvalue weighted by atomic mass is 16.3. The number of aryl methyl sites for hydroxylation is 3. The zero-order chi connectivity index (χ0) is 14.7. The molecule has 2 rings (SSSR count). The zero-order valence-corrected chi connectivity index (χ0v) is 12.7. The molecule has 0 aliphatic carbocycles. The number of rotatable bonds is 4. The van der Waals surface area contributed by atoms with Gasteiger partial charge in [0.25, 0.3) is 0 Å². The van der Waals surface area contributed by atoms with Crippen molar-refractivity contribution in [1.29, 1.82) is 0 Å². The van der Waals surface area contributed by atoms with E-state index in [1.165, 1.54) is 16.7 Å². The standard InChI is InChI=1S/C18H23NO/c1-12-7-5-6-8-17(12)15(4)19-11-16-9-13(2)18(20)14(3)10-16/h5-10,15,19-20H,11H2,1-4H3/t15-/m1/s1. The van der Waals surface area contributed by atoms with Crippen LogP contribution < -0.4 is 5.32 Å². The molecule has 0 saturated heterocycles. The van der Waals surface area contributed by atoms with E-state index in [9.17, 15) is 5.11 Å². The number of phenols is 1. The van der Waals surface area contributed by atoms with Gasteiger partial charge in [0.05, 0.1) is 0 Å². The topological polar surface area (TPSA) is 32.3 Å². The lowest BCUT2D eigenvalue weighted by Crippen LogP contribution is -2.19. The van der Waals surface area contributed by atoms with Crippen LogP contribution in [0.25, 0.3) is 0 Å². The van der Waals surface area contributed by atoms with Gasteiger partial charge in [-0.1, -0.05) is 36.4 Å². The Hall–Kier alpha value is -1.80. The predicted octanol–water partition coefficient (Wildman–Crippen LogP) is 4.17. The fourth-order valence-electron chi connectivity index (χ4n) is 2.60. The normalized spacial score (nSPS) is 12.4. The first kappa shape index (κ1) is 14.6. The van der Waals surface area contributed by atoms with Crippen LogP contribution in [0.4, 0.5) is 0 Å². The van der Waals surface area contributed by atoms with E-state index in [-0.39, 0.29) is 0 Å². The van der Waals surface area contributed by atoms with Crippen LogP contribution in [0.2, 0.25) is 0 Å². The quantitative estimate of drug-likeness (QED) is 0.873. The maximum atomic E-state index is 9.80. The second-order valence-corrected chi connectivity index (χ2v) is 5.54. The van der Waals surface area contributed by atoms with Crippen molar-refractivity contribution in [1.82, 2.24) is 5.32 Å². The minimum atomic E-state index is 0.311. The molecule has 0 spiro atoms. The third-order valence-corrected chi connectivity index (χ3v) is 3.82. The van der Waals surface area contributed by atoms with Gasteiger partial charge in [-0.05, 0) is 55.5 Å². The monoisotopic (exact) mass is 269 g/mol. The Kier molecular flexibility index (Phi) is 4.46. The van der Waals surface area contributed by atoms with Gasteiger partial charge in [0.2, 0.25) is 0 Å². The van der Waals surface area contributed by atoms with E-state index in [0.717, 1.165) is 17.7 Å². The number of hydrogen-bond acceptors (Lipinski definition) is 2. The fourth-order valence-corrected chi connectivity index (χ4v) is 2.60. The molecule has 0 radical (unpaired) electrons. The molecule has 2 aromatic rings. The van der Waals surface area contributed by atoms with Gasteiger partial charge in [-0.3, -0.25) is 0 Å². The third-order valence-electron chi connectivity index (χ3n) is 3.82. The van der Waals surface area contributed by atoms with E-state index >= 15 is 0 Å². The molecule has 2 nitrogen and oxygen atoms in total. The molecule has 0 aliphatic heterocycles. The Bertz CT molecular complexity index is 581. The maximum Gasteiger partial charge on any atom is 0.121 e. The Morgan fingerprint density at radius 2 is 1.60 bits per heavy atom. The minimum absolute atomic E-state index is 0.311. The van der Waals surface area contributed by atoms with Crippen molar-refractivity contribution in [3.8, 4) is 5.75 Å². The largest absolute Gasteiger partial charge is 0.507 e. The van der Waals surface area contributed by atoms with Crippen LogP contribution in [-0.4, -0.2) is 5.11 Å². The van der Waals surface area contributed by atoms with Crippen LogP contribution in [0.15, 0.2) is 36.4 Å². The summed E-state index contributed by atoms with van der Waals surface area (Å²) in [4.78, 5) is 0. The molecule has 0 unspecified atom stereocenters. The summed E-state index contributed by atoms with van der Waals surface area (Å²) < 4.78 is 0. The molecular formula is C18H23NO. The van der Waals surface area contributed by atoms with Crippen molar-refractivity contribution in [2.24, 2.45) is 0 Å². The summed E-state index contributed by atoms with van der Waals surface area (Å²) in [7, 11) is 0. The first-order valence-corrected chi connectivity index (χ1v) is 7.07. The minimum Gasteiger partial charge on any atom is -0.507 e. The Morgan fingerprint density at radius 1 is 1.00 bits per heavy atom. The van der Waals surface area contributed by atoms with Gasteiger partial charge in [0.15, 0.2) is 0 Å². The number of hydrogen-bond donors (Lipinski definition) is 2. The van der Waals surface area contributed by atoms with Crippen molar-refractivity contribution >= 4 is 0 Å². The summed E-state index contributed by atoms with van der Waals surface area (Å²) in [5, 5.41) is 13.4. The van der Waals surface area contributed by atoms with Crippen molar-refractivity contribution < 1.29 is 5.11 Å². The van der Waals surface area contributed by atoms with Crippen molar-refractivity contribution in [3.63, 3.8) is 0 Å². The Labute approximate surface area is 121 Å². The van der Waals surface area contributed by atoms with E-state index in [0.29, 0.717) is 11.8 Å². The molecular weight excluding hydrogens is 246 g/mol. The average molecular weight is 269 g/mol. The molecule has 0 amide bonds. The maximum absolute atomic E-state index is 9.80. The molecule has 0 aromatic heterocycles. The number of benzene rings is 2. The summed E-state index contributed by atoms with van der Waals surface area (Å²) in [6, 6.07) is 12.8. The lowest BCUT2D eigenvalue weighted by atomic mass is 10.0. The molecule has 106 valence electrons. The molecule has 0 bridgehead atoms. The molecule has 0 saturated carbocycles. The van der Waals surface area contributed by atoms with Crippen molar-refractivity contribution in [3.05, 3.63) is 64.2 Å². The molecule has 1 atom stereocenters. The van der Waals surface area contributed by atoms with Gasteiger partial charge in [0, 0.05) is 12.6 Å². The predicted molar refractivity (Wildman–Crippen MR) is 84.0 cm³/mol. The second-order valence-electron chi connectivity index (χ2n) is 5.54. The zero-order valence-electron chi connectivity index (χ0n) is 12.7. The molecule has 0 fully saturated rings. The first-order chi connectivity index (χ1) is 9.49. The molecule has 20 heavy (non-hydrogen) atoms. The lowest BCUT2D eigenvalue weighted by molar-refractivity contribution is 0.466. The summed E-state index contributed by atoms with van der Waals surface area (Å²) in [6.45, 7) is 9.01. The highest BCUT2D eigenvalue weighted by Crippen LogP contribution is 2.23. The third kappa shape index (κ3) is 3.20. The SMILES string of the molecule is Cc1ccccc1[C@@H](C)NCc1cc(C)c(O)c(C)c1. The molecule has 2 aromatic carbocycles. The molecule has 2 heteroatoms. The Morgan fingerprint density at radius 3 is 2.20 bits per heavy atom. The summed E-state index contributed by atoms with van der Waals surface area (Å²) in [5.41, 5.74) is 5.72. The second kappa shape index (κ2) is 6.10. The lowest BCUT2D eigenvalue weighted by Gasteiger charge is -2.17. The highest BCUT2D eigenvalue weighted by molar-refractivity contribution is 5.42. The van der Waals surface area contributed by atoms with Crippen LogP contribution in [0.5, 0.6) is 5.75 Å². The van der Waals surface area contributed by atoms with Crippen molar-refractivity contribution in [2.45, 2.75) is 40.3 Å². The summed E-state index contributed by atoms with van der Waals surface area (Å²) in [6.07, 6.45) is 0. The number of aromatic hydroxyl groups is 1. The van der Waals surface area contributed by atoms with E-state index < -0.39 is 0 Å². The Balaban J connectivity index is 2.07. The van der Waals surface area contributed by atoms with Crippen LogP contribution in [0.3, 0.4) is 0 Å². The van der Waals surface area contributed by atoms with Crippen molar-refractivity contribution in [2.75, 3.05) is 0 Å². The van der Waals surface area contributed by atoms with E-state index in [4.69, 9.17) is 0 Å². The highest BCUT2D eigenvalue weighted by Gasteiger charge is 2.08. The van der Waals surface area contributed by atoms with Gasteiger partial charge in [-0.25, -0.2) is 0 Å².